The Morgan fingerprint density at radius 1 is 1.05 bits per heavy atom. The van der Waals surface area contributed by atoms with Crippen molar-refractivity contribution in [3.63, 3.8) is 0 Å². The number of halogens is 3. The lowest BCUT2D eigenvalue weighted by molar-refractivity contribution is 0.586. The number of nitriles is 1. The molecule has 2 nitrogen and oxygen atoms in total. The van der Waals surface area contributed by atoms with Crippen LogP contribution in [0.3, 0.4) is 0 Å². The zero-order valence-corrected chi connectivity index (χ0v) is 12.0. The zero-order valence-electron chi connectivity index (χ0n) is 10.5. The van der Waals surface area contributed by atoms with Crippen LogP contribution in [0.15, 0.2) is 40.9 Å². The second-order valence-corrected chi connectivity index (χ2v) is 5.18. The fourth-order valence-electron chi connectivity index (χ4n) is 1.79. The summed E-state index contributed by atoms with van der Waals surface area (Å²) in [6, 6.07) is 10.9. The molecule has 0 bridgehead atoms. The van der Waals surface area contributed by atoms with E-state index in [2.05, 4.69) is 21.2 Å². The fourth-order valence-corrected chi connectivity index (χ4v) is 2.20. The van der Waals surface area contributed by atoms with Gasteiger partial charge in [0.1, 0.15) is 17.7 Å². The topological polar surface area (TPSA) is 35.8 Å². The van der Waals surface area contributed by atoms with Gasteiger partial charge in [-0.05, 0) is 35.9 Å². The van der Waals surface area contributed by atoms with Gasteiger partial charge in [-0.2, -0.15) is 5.26 Å². The van der Waals surface area contributed by atoms with E-state index in [1.807, 2.05) is 0 Å². The summed E-state index contributed by atoms with van der Waals surface area (Å²) < 4.78 is 27.5. The molecule has 0 aromatic heterocycles. The molecule has 0 heterocycles. The summed E-state index contributed by atoms with van der Waals surface area (Å²) >= 11 is 3.29. The van der Waals surface area contributed by atoms with Crippen molar-refractivity contribution in [2.45, 2.75) is 13.1 Å². The molecule has 0 aliphatic rings. The number of rotatable bonds is 4. The Bertz CT molecular complexity index is 665. The van der Waals surface area contributed by atoms with Crippen LogP contribution < -0.4 is 5.32 Å². The van der Waals surface area contributed by atoms with Crippen molar-refractivity contribution in [3.8, 4) is 6.07 Å². The van der Waals surface area contributed by atoms with E-state index in [0.29, 0.717) is 18.7 Å². The third kappa shape index (κ3) is 3.62. The van der Waals surface area contributed by atoms with Crippen molar-refractivity contribution in [2.75, 3.05) is 0 Å². The molecule has 20 heavy (non-hydrogen) atoms. The molecule has 0 aliphatic heterocycles. The minimum absolute atomic E-state index is 0.0120. The van der Waals surface area contributed by atoms with Crippen LogP contribution in [0.4, 0.5) is 8.78 Å². The third-order valence-corrected chi connectivity index (χ3v) is 3.30. The summed E-state index contributed by atoms with van der Waals surface area (Å²) in [7, 11) is 0. The molecule has 0 aliphatic carbocycles. The van der Waals surface area contributed by atoms with E-state index in [1.54, 1.807) is 24.3 Å². The summed E-state index contributed by atoms with van der Waals surface area (Å²) in [5.74, 6) is -0.813. The highest BCUT2D eigenvalue weighted by molar-refractivity contribution is 9.10. The Morgan fingerprint density at radius 2 is 1.80 bits per heavy atom. The third-order valence-electron chi connectivity index (χ3n) is 2.80. The summed E-state index contributed by atoms with van der Waals surface area (Å²) in [5, 5.41) is 11.8. The molecule has 102 valence electrons. The van der Waals surface area contributed by atoms with Crippen LogP contribution in [0.5, 0.6) is 0 Å². The van der Waals surface area contributed by atoms with Gasteiger partial charge in [-0.1, -0.05) is 22.0 Å². The van der Waals surface area contributed by atoms with Crippen LogP contribution in [-0.4, -0.2) is 0 Å². The van der Waals surface area contributed by atoms with E-state index in [1.165, 1.54) is 18.2 Å². The van der Waals surface area contributed by atoms with E-state index in [-0.39, 0.29) is 11.4 Å². The van der Waals surface area contributed by atoms with Gasteiger partial charge in [-0.3, -0.25) is 0 Å². The van der Waals surface area contributed by atoms with Crippen molar-refractivity contribution in [2.24, 2.45) is 0 Å². The minimum Gasteiger partial charge on any atom is -0.309 e. The van der Waals surface area contributed by atoms with Gasteiger partial charge in [0.2, 0.25) is 0 Å². The van der Waals surface area contributed by atoms with Crippen molar-refractivity contribution in [3.05, 3.63) is 69.2 Å². The summed E-state index contributed by atoms with van der Waals surface area (Å²) in [4.78, 5) is 0. The maximum absolute atomic E-state index is 13.5. The van der Waals surface area contributed by atoms with E-state index in [0.717, 1.165) is 10.0 Å². The van der Waals surface area contributed by atoms with E-state index in [9.17, 15) is 8.78 Å². The number of hydrogen-bond donors (Lipinski definition) is 1. The SMILES string of the molecule is N#Cc1cc(CNCc2cc(Br)ccc2F)ccc1F. The Kier molecular flexibility index (Phi) is 4.83. The van der Waals surface area contributed by atoms with Crippen LogP contribution >= 0.6 is 15.9 Å². The van der Waals surface area contributed by atoms with Gasteiger partial charge in [0.15, 0.2) is 0 Å². The van der Waals surface area contributed by atoms with Gasteiger partial charge in [-0.25, -0.2) is 8.78 Å². The molecule has 0 fully saturated rings. The largest absolute Gasteiger partial charge is 0.309 e. The Balaban J connectivity index is 2.00. The first kappa shape index (κ1) is 14.6. The standard InChI is InChI=1S/C15H11BrF2N2/c16-13-2-4-15(18)12(6-13)9-20-8-10-1-3-14(17)11(5-10)7-19/h1-6,20H,8-9H2. The molecule has 0 amide bonds. The highest BCUT2D eigenvalue weighted by Gasteiger charge is 2.04. The number of benzene rings is 2. The average Bonchev–Trinajstić information content (AvgIpc) is 2.44. The predicted octanol–water partition coefficient (Wildman–Crippen LogP) is 3.89. The zero-order chi connectivity index (χ0) is 14.5. The van der Waals surface area contributed by atoms with Gasteiger partial charge < -0.3 is 5.32 Å². The smallest absolute Gasteiger partial charge is 0.140 e. The highest BCUT2D eigenvalue weighted by Crippen LogP contribution is 2.15. The molecule has 0 saturated carbocycles. The number of nitrogens with zero attached hydrogens (tertiary/aromatic N) is 1. The summed E-state index contributed by atoms with van der Waals surface area (Å²) in [6.07, 6.45) is 0. The van der Waals surface area contributed by atoms with Crippen molar-refractivity contribution >= 4 is 15.9 Å². The van der Waals surface area contributed by atoms with E-state index in [4.69, 9.17) is 5.26 Å². The molecular formula is C15H11BrF2N2. The van der Waals surface area contributed by atoms with Crippen LogP contribution in [0.25, 0.3) is 0 Å². The van der Waals surface area contributed by atoms with Crippen LogP contribution in [-0.2, 0) is 13.1 Å². The van der Waals surface area contributed by atoms with Crippen LogP contribution in [0.2, 0.25) is 0 Å². The van der Waals surface area contributed by atoms with Gasteiger partial charge in [0, 0.05) is 23.1 Å². The summed E-state index contributed by atoms with van der Waals surface area (Å²) in [5.41, 5.74) is 1.33. The second kappa shape index (κ2) is 6.60. The Hall–Kier alpha value is -1.77. The highest BCUT2D eigenvalue weighted by atomic mass is 79.9. The maximum atomic E-state index is 13.5. The molecule has 2 aromatic rings. The lowest BCUT2D eigenvalue weighted by Crippen LogP contribution is -2.14. The molecule has 0 atom stereocenters. The van der Waals surface area contributed by atoms with E-state index < -0.39 is 5.82 Å². The van der Waals surface area contributed by atoms with Crippen LogP contribution in [0.1, 0.15) is 16.7 Å². The molecule has 2 rings (SSSR count). The second-order valence-electron chi connectivity index (χ2n) is 4.27. The number of hydrogen-bond acceptors (Lipinski definition) is 2. The van der Waals surface area contributed by atoms with E-state index >= 15 is 0 Å². The maximum Gasteiger partial charge on any atom is 0.140 e. The van der Waals surface area contributed by atoms with Gasteiger partial charge >= 0.3 is 0 Å². The molecule has 0 saturated heterocycles. The average molecular weight is 337 g/mol. The molecule has 5 heteroatoms. The monoisotopic (exact) mass is 336 g/mol. The molecule has 0 radical (unpaired) electrons. The van der Waals surface area contributed by atoms with Gasteiger partial charge in [0.25, 0.3) is 0 Å². The molecule has 0 unspecified atom stereocenters. The first-order valence-electron chi connectivity index (χ1n) is 5.93. The molecule has 0 spiro atoms. The van der Waals surface area contributed by atoms with Crippen LogP contribution in [0, 0.1) is 23.0 Å². The van der Waals surface area contributed by atoms with Gasteiger partial charge in [0.05, 0.1) is 5.56 Å². The normalized spacial score (nSPS) is 10.3. The molecule has 1 N–H and O–H groups in total. The van der Waals surface area contributed by atoms with Crippen molar-refractivity contribution in [1.82, 2.24) is 5.32 Å². The summed E-state index contributed by atoms with van der Waals surface area (Å²) in [6.45, 7) is 0.783. The van der Waals surface area contributed by atoms with Gasteiger partial charge in [-0.15, -0.1) is 0 Å². The van der Waals surface area contributed by atoms with Crippen molar-refractivity contribution in [1.29, 1.82) is 5.26 Å². The lowest BCUT2D eigenvalue weighted by Gasteiger charge is -2.07. The minimum atomic E-state index is -0.533. The Labute approximate surface area is 124 Å². The quantitative estimate of drug-likeness (QED) is 0.919. The first-order chi connectivity index (χ1) is 9.60. The number of nitrogens with one attached hydrogen (secondary N) is 1. The predicted molar refractivity (Wildman–Crippen MR) is 75.8 cm³/mol. The van der Waals surface area contributed by atoms with Crippen molar-refractivity contribution < 1.29 is 8.78 Å². The Morgan fingerprint density at radius 3 is 2.55 bits per heavy atom. The molecular weight excluding hydrogens is 326 g/mol. The first-order valence-corrected chi connectivity index (χ1v) is 6.72. The lowest BCUT2D eigenvalue weighted by atomic mass is 10.1. The molecule has 2 aromatic carbocycles. The fraction of sp³-hybridized carbons (Fsp3) is 0.133.